The molecule has 0 aromatic carbocycles. The van der Waals surface area contributed by atoms with Crippen LogP contribution in [-0.2, 0) is 14.4 Å². The predicted molar refractivity (Wildman–Crippen MR) is 85.0 cm³/mol. The number of aromatic nitrogens is 1. The third kappa shape index (κ3) is 3.57. The molecule has 3 heterocycles. The highest BCUT2D eigenvalue weighted by Gasteiger charge is 2.28. The molecule has 0 spiro atoms. The predicted octanol–water partition coefficient (Wildman–Crippen LogP) is 1.41. The van der Waals surface area contributed by atoms with Crippen molar-refractivity contribution in [3.05, 3.63) is 23.9 Å². The first-order valence-electron chi connectivity index (χ1n) is 8.15. The summed E-state index contributed by atoms with van der Waals surface area (Å²) in [5.41, 5.74) is 0.856. The van der Waals surface area contributed by atoms with Crippen molar-refractivity contribution in [2.24, 2.45) is 5.92 Å². The minimum atomic E-state index is -0.285. The summed E-state index contributed by atoms with van der Waals surface area (Å²) < 4.78 is 0. The van der Waals surface area contributed by atoms with Crippen LogP contribution in [0.15, 0.2) is 18.3 Å². The van der Waals surface area contributed by atoms with Crippen molar-refractivity contribution in [3.63, 3.8) is 0 Å². The number of rotatable bonds is 4. The first-order valence-corrected chi connectivity index (χ1v) is 8.15. The summed E-state index contributed by atoms with van der Waals surface area (Å²) >= 11 is 0. The number of aldehydes is 1. The Hall–Kier alpha value is -2.24. The largest absolute Gasteiger partial charge is 0.357 e. The van der Waals surface area contributed by atoms with Crippen molar-refractivity contribution in [2.75, 3.05) is 18.0 Å². The molecule has 23 heavy (non-hydrogen) atoms. The minimum absolute atomic E-state index is 0.200. The molecule has 2 aliphatic heterocycles. The molecule has 2 aliphatic rings. The number of pyridine rings is 1. The second-order valence-corrected chi connectivity index (χ2v) is 6.29. The summed E-state index contributed by atoms with van der Waals surface area (Å²) in [7, 11) is 0. The highest BCUT2D eigenvalue weighted by Crippen LogP contribution is 2.27. The Kier molecular flexibility index (Phi) is 4.69. The summed E-state index contributed by atoms with van der Waals surface area (Å²) in [5, 5.41) is 2.38. The average Bonchev–Trinajstić information content (AvgIpc) is 2.56. The van der Waals surface area contributed by atoms with Gasteiger partial charge in [-0.1, -0.05) is 6.07 Å². The Labute approximate surface area is 135 Å². The number of anilines is 1. The monoisotopic (exact) mass is 315 g/mol. The average molecular weight is 315 g/mol. The summed E-state index contributed by atoms with van der Waals surface area (Å²) in [4.78, 5) is 40.4. The van der Waals surface area contributed by atoms with Gasteiger partial charge in [-0.3, -0.25) is 14.9 Å². The minimum Gasteiger partial charge on any atom is -0.357 e. The van der Waals surface area contributed by atoms with Crippen LogP contribution in [0.2, 0.25) is 0 Å². The van der Waals surface area contributed by atoms with Gasteiger partial charge < -0.3 is 9.69 Å². The van der Waals surface area contributed by atoms with Crippen LogP contribution in [0.4, 0.5) is 5.82 Å². The fourth-order valence-corrected chi connectivity index (χ4v) is 3.34. The lowest BCUT2D eigenvalue weighted by Crippen LogP contribution is -2.39. The maximum atomic E-state index is 11.9. The van der Waals surface area contributed by atoms with Gasteiger partial charge in [0.15, 0.2) is 0 Å². The van der Waals surface area contributed by atoms with Crippen LogP contribution in [0.1, 0.15) is 43.6 Å². The normalized spacial score (nSPS) is 22.8. The number of imide groups is 1. The lowest BCUT2D eigenvalue weighted by atomic mass is 9.91. The second kappa shape index (κ2) is 6.89. The maximum absolute atomic E-state index is 11.9. The van der Waals surface area contributed by atoms with Crippen molar-refractivity contribution < 1.29 is 14.4 Å². The van der Waals surface area contributed by atoms with E-state index in [1.54, 1.807) is 6.20 Å². The van der Waals surface area contributed by atoms with Crippen molar-refractivity contribution in [3.8, 4) is 0 Å². The van der Waals surface area contributed by atoms with Crippen molar-refractivity contribution >= 4 is 23.9 Å². The van der Waals surface area contributed by atoms with E-state index in [1.165, 1.54) is 0 Å². The van der Waals surface area contributed by atoms with Gasteiger partial charge in [-0.25, -0.2) is 4.98 Å². The topological polar surface area (TPSA) is 79.4 Å². The van der Waals surface area contributed by atoms with Crippen LogP contribution >= 0.6 is 0 Å². The fourth-order valence-electron chi connectivity index (χ4n) is 3.34. The number of nitrogens with one attached hydrogen (secondary N) is 1. The molecule has 1 aromatic rings. The molecule has 2 fully saturated rings. The number of hydrogen-bond donors (Lipinski definition) is 1. The van der Waals surface area contributed by atoms with Crippen LogP contribution < -0.4 is 10.2 Å². The molecule has 0 radical (unpaired) electrons. The lowest BCUT2D eigenvalue weighted by Gasteiger charge is -2.32. The molecular weight excluding hydrogens is 294 g/mol. The molecule has 2 amide bonds. The fraction of sp³-hybridized carbons (Fsp3) is 0.529. The molecule has 1 atom stereocenters. The molecule has 1 aromatic heterocycles. The molecular formula is C17H21N3O3. The summed E-state index contributed by atoms with van der Waals surface area (Å²) in [6, 6.07) is 3.87. The van der Waals surface area contributed by atoms with E-state index in [0.29, 0.717) is 25.2 Å². The van der Waals surface area contributed by atoms with Gasteiger partial charge in [0, 0.05) is 32.1 Å². The summed E-state index contributed by atoms with van der Waals surface area (Å²) in [6.45, 7) is 1.81. The van der Waals surface area contributed by atoms with Gasteiger partial charge in [0.1, 0.15) is 12.1 Å². The van der Waals surface area contributed by atoms with E-state index in [0.717, 1.165) is 43.6 Å². The molecule has 1 N–H and O–H groups in total. The Morgan fingerprint density at radius 2 is 2.00 bits per heavy atom. The van der Waals surface area contributed by atoms with Gasteiger partial charge in [-0.05, 0) is 36.8 Å². The quantitative estimate of drug-likeness (QED) is 0.671. The van der Waals surface area contributed by atoms with Crippen LogP contribution in [-0.4, -0.2) is 36.2 Å². The van der Waals surface area contributed by atoms with Crippen LogP contribution in [0.25, 0.3) is 0 Å². The first-order chi connectivity index (χ1) is 11.2. The first kappa shape index (κ1) is 15.6. The third-order valence-electron chi connectivity index (χ3n) is 4.78. The zero-order valence-electron chi connectivity index (χ0n) is 13.0. The number of piperidine rings is 2. The zero-order chi connectivity index (χ0) is 16.2. The smallest absolute Gasteiger partial charge is 0.234 e. The van der Waals surface area contributed by atoms with Gasteiger partial charge in [0.25, 0.3) is 0 Å². The molecule has 122 valence electrons. The van der Waals surface area contributed by atoms with Gasteiger partial charge in [-0.15, -0.1) is 0 Å². The highest BCUT2D eigenvalue weighted by molar-refractivity contribution is 6.00. The second-order valence-electron chi connectivity index (χ2n) is 6.29. The third-order valence-corrected chi connectivity index (χ3v) is 4.78. The molecule has 0 saturated carbocycles. The molecule has 6 nitrogen and oxygen atoms in total. The SMILES string of the molecule is O=CCC1CCN(c2ccc(C3CCC(=O)NC3=O)cn2)CC1. The van der Waals surface area contributed by atoms with E-state index in [2.05, 4.69) is 15.2 Å². The number of nitrogens with zero attached hydrogens (tertiary/aromatic N) is 2. The van der Waals surface area contributed by atoms with E-state index in [-0.39, 0.29) is 17.7 Å². The Morgan fingerprint density at radius 3 is 2.61 bits per heavy atom. The summed E-state index contributed by atoms with van der Waals surface area (Å²) in [6.07, 6.45) is 6.34. The van der Waals surface area contributed by atoms with Gasteiger partial charge >= 0.3 is 0 Å². The van der Waals surface area contributed by atoms with E-state index in [4.69, 9.17) is 0 Å². The van der Waals surface area contributed by atoms with Gasteiger partial charge in [0.2, 0.25) is 11.8 Å². The molecule has 0 bridgehead atoms. The molecule has 3 rings (SSSR count). The number of hydrogen-bond acceptors (Lipinski definition) is 5. The zero-order valence-corrected chi connectivity index (χ0v) is 13.0. The Bertz CT molecular complexity index is 592. The molecule has 2 saturated heterocycles. The highest BCUT2D eigenvalue weighted by atomic mass is 16.2. The molecule has 0 aliphatic carbocycles. The van der Waals surface area contributed by atoms with E-state index in [9.17, 15) is 14.4 Å². The van der Waals surface area contributed by atoms with Crippen LogP contribution in [0, 0.1) is 5.92 Å². The van der Waals surface area contributed by atoms with E-state index in [1.807, 2.05) is 12.1 Å². The van der Waals surface area contributed by atoms with Gasteiger partial charge in [-0.2, -0.15) is 0 Å². The lowest BCUT2D eigenvalue weighted by molar-refractivity contribution is -0.134. The molecule has 1 unspecified atom stereocenters. The van der Waals surface area contributed by atoms with E-state index < -0.39 is 0 Å². The van der Waals surface area contributed by atoms with Crippen molar-refractivity contribution in [1.82, 2.24) is 10.3 Å². The van der Waals surface area contributed by atoms with Crippen molar-refractivity contribution in [2.45, 2.75) is 38.0 Å². The van der Waals surface area contributed by atoms with E-state index >= 15 is 0 Å². The Morgan fingerprint density at radius 1 is 1.22 bits per heavy atom. The standard InChI is InChI=1S/C17H21N3O3/c21-10-7-12-5-8-20(9-6-12)15-3-1-13(11-18-15)14-2-4-16(22)19-17(14)23/h1,3,10-12,14H,2,4-9H2,(H,19,22,23). The number of carbonyl (C=O) groups is 3. The molecule has 6 heteroatoms. The number of amides is 2. The Balaban J connectivity index is 1.62. The van der Waals surface area contributed by atoms with Crippen molar-refractivity contribution in [1.29, 1.82) is 0 Å². The van der Waals surface area contributed by atoms with Crippen LogP contribution in [0.5, 0.6) is 0 Å². The maximum Gasteiger partial charge on any atom is 0.234 e. The number of carbonyl (C=O) groups excluding carboxylic acids is 3. The van der Waals surface area contributed by atoms with Crippen LogP contribution in [0.3, 0.4) is 0 Å². The van der Waals surface area contributed by atoms with Gasteiger partial charge in [0.05, 0.1) is 5.92 Å². The summed E-state index contributed by atoms with van der Waals surface area (Å²) in [5.74, 6) is 0.684.